The molecule has 5 rings (SSSR count). The maximum absolute atomic E-state index is 14.1. The molecular weight excluding hydrogens is 548 g/mol. The molecule has 1 aliphatic heterocycles. The van der Waals surface area contributed by atoms with Crippen molar-refractivity contribution in [2.75, 3.05) is 33.2 Å². The highest BCUT2D eigenvalue weighted by molar-refractivity contribution is 5.98. The monoisotopic (exact) mass is 590 g/mol. The predicted molar refractivity (Wildman–Crippen MR) is 177 cm³/mol. The third-order valence-corrected chi connectivity index (χ3v) is 8.34. The summed E-state index contributed by atoms with van der Waals surface area (Å²) in [5.74, 6) is 0.261. The van der Waals surface area contributed by atoms with Crippen LogP contribution in [0.25, 0.3) is 10.8 Å². The smallest absolute Gasteiger partial charge is 0.251 e. The van der Waals surface area contributed by atoms with E-state index in [0.717, 1.165) is 23.6 Å². The lowest BCUT2D eigenvalue weighted by Gasteiger charge is -2.29. The van der Waals surface area contributed by atoms with Crippen LogP contribution in [0.4, 0.5) is 0 Å². The first-order chi connectivity index (χ1) is 21.5. The van der Waals surface area contributed by atoms with Crippen molar-refractivity contribution in [1.29, 1.82) is 5.41 Å². The molecule has 8 heteroatoms. The van der Waals surface area contributed by atoms with Crippen LogP contribution in [0.5, 0.6) is 0 Å². The fraction of sp³-hybridized carbons (Fsp3) is 0.306. The minimum atomic E-state index is -0.391. The van der Waals surface area contributed by atoms with E-state index in [-0.39, 0.29) is 29.7 Å². The van der Waals surface area contributed by atoms with E-state index in [4.69, 9.17) is 5.41 Å². The first-order valence-electron chi connectivity index (χ1n) is 15.4. The van der Waals surface area contributed by atoms with E-state index in [1.165, 1.54) is 11.1 Å². The molecule has 8 nitrogen and oxygen atoms in total. The Kier molecular flexibility index (Phi) is 10.6. The second-order valence-electron chi connectivity index (χ2n) is 11.3. The molecule has 0 spiro atoms. The molecule has 44 heavy (non-hydrogen) atoms. The Labute approximate surface area is 259 Å². The van der Waals surface area contributed by atoms with Crippen LogP contribution >= 0.6 is 0 Å². The number of amides is 2. The molecule has 5 N–H and O–H groups in total. The standard InChI is InChI=1S/C36H42N6O2/c1-38-36(37)39-21-10-17-33-35(44)42(25-32(27-12-4-2-5-13-27)28-14-6-3-7-15-28)22-20-31(41-33)24-40-34(43)30-19-18-26-11-8-9-16-29(26)23-30/h2-9,11-16,18-19,23,31-33,41H,10,17,20-22,24-25H2,1H3,(H,40,43)(H3,37,38,39)/t31-,33-/m0/s1. The normalized spacial score (nSPS) is 16.9. The summed E-state index contributed by atoms with van der Waals surface area (Å²) >= 11 is 0. The van der Waals surface area contributed by atoms with Gasteiger partial charge in [0, 0.05) is 50.7 Å². The van der Waals surface area contributed by atoms with Crippen molar-refractivity contribution in [3.63, 3.8) is 0 Å². The first-order valence-corrected chi connectivity index (χ1v) is 15.4. The number of benzene rings is 4. The van der Waals surface area contributed by atoms with E-state index >= 15 is 0 Å². The second-order valence-corrected chi connectivity index (χ2v) is 11.3. The zero-order valence-corrected chi connectivity index (χ0v) is 25.3. The van der Waals surface area contributed by atoms with Gasteiger partial charge in [0.15, 0.2) is 5.96 Å². The van der Waals surface area contributed by atoms with Gasteiger partial charge in [-0.1, -0.05) is 91.0 Å². The van der Waals surface area contributed by atoms with Crippen LogP contribution in [0.2, 0.25) is 0 Å². The van der Waals surface area contributed by atoms with Crippen LogP contribution < -0.4 is 21.3 Å². The molecule has 0 aromatic heterocycles. The predicted octanol–water partition coefficient (Wildman–Crippen LogP) is 4.48. The molecule has 1 aliphatic rings. The van der Waals surface area contributed by atoms with Gasteiger partial charge in [-0.25, -0.2) is 0 Å². The van der Waals surface area contributed by atoms with E-state index in [2.05, 4.69) is 45.5 Å². The third-order valence-electron chi connectivity index (χ3n) is 8.34. The molecule has 1 heterocycles. The summed E-state index contributed by atoms with van der Waals surface area (Å²) in [5.41, 5.74) is 2.97. The molecular formula is C36H42N6O2. The van der Waals surface area contributed by atoms with E-state index in [0.29, 0.717) is 38.2 Å². The third kappa shape index (κ3) is 8.02. The zero-order valence-electron chi connectivity index (χ0n) is 25.3. The Hall–Kier alpha value is -4.69. The van der Waals surface area contributed by atoms with Crippen molar-refractivity contribution in [2.24, 2.45) is 0 Å². The van der Waals surface area contributed by atoms with Crippen LogP contribution in [0.3, 0.4) is 0 Å². The quantitative estimate of drug-likeness (QED) is 0.101. The van der Waals surface area contributed by atoms with Crippen molar-refractivity contribution in [1.82, 2.24) is 26.2 Å². The number of nitrogens with one attached hydrogen (secondary N) is 5. The molecule has 0 unspecified atom stereocenters. The van der Waals surface area contributed by atoms with Crippen molar-refractivity contribution in [3.05, 3.63) is 120 Å². The van der Waals surface area contributed by atoms with Gasteiger partial charge in [-0.3, -0.25) is 15.0 Å². The fourth-order valence-electron chi connectivity index (χ4n) is 5.88. The number of carbonyl (C=O) groups is 2. The minimum Gasteiger partial charge on any atom is -0.360 e. The van der Waals surface area contributed by atoms with Gasteiger partial charge in [-0.05, 0) is 53.3 Å². The van der Waals surface area contributed by atoms with Gasteiger partial charge in [-0.15, -0.1) is 0 Å². The highest BCUT2D eigenvalue weighted by atomic mass is 16.2. The molecule has 4 aromatic carbocycles. The minimum absolute atomic E-state index is 0.0453. The Bertz CT molecular complexity index is 1500. The van der Waals surface area contributed by atoms with Gasteiger partial charge >= 0.3 is 0 Å². The molecule has 0 aliphatic carbocycles. The Morgan fingerprint density at radius 2 is 1.57 bits per heavy atom. The number of guanidine groups is 1. The molecule has 1 saturated heterocycles. The largest absolute Gasteiger partial charge is 0.360 e. The van der Waals surface area contributed by atoms with E-state index in [1.807, 2.05) is 83.8 Å². The van der Waals surface area contributed by atoms with E-state index in [9.17, 15) is 9.59 Å². The van der Waals surface area contributed by atoms with Crippen molar-refractivity contribution in [2.45, 2.75) is 37.3 Å². The first kappa shape index (κ1) is 30.8. The summed E-state index contributed by atoms with van der Waals surface area (Å²) in [6.07, 6.45) is 2.06. The van der Waals surface area contributed by atoms with Gasteiger partial charge in [0.1, 0.15) is 0 Å². The summed E-state index contributed by atoms with van der Waals surface area (Å²) in [7, 11) is 1.70. The second kappa shape index (κ2) is 15.2. The maximum Gasteiger partial charge on any atom is 0.251 e. The highest BCUT2D eigenvalue weighted by Crippen LogP contribution is 2.27. The number of nitrogens with zero attached hydrogens (tertiary/aromatic N) is 1. The lowest BCUT2D eigenvalue weighted by Crippen LogP contribution is -2.49. The molecule has 4 aromatic rings. The molecule has 0 saturated carbocycles. The van der Waals surface area contributed by atoms with Crippen LogP contribution in [-0.4, -0.2) is 68.0 Å². The average molecular weight is 591 g/mol. The number of rotatable bonds is 11. The summed E-state index contributed by atoms with van der Waals surface area (Å²) in [5, 5.41) is 22.4. The SMILES string of the molecule is CNC(=N)NCCC[C@@H]1N[C@H](CNC(=O)c2ccc3ccccc3c2)CCN(CC(c2ccccc2)c2ccccc2)C1=O. The maximum atomic E-state index is 14.1. The van der Waals surface area contributed by atoms with Crippen molar-refractivity contribution >= 4 is 28.5 Å². The van der Waals surface area contributed by atoms with Crippen molar-refractivity contribution < 1.29 is 9.59 Å². The van der Waals surface area contributed by atoms with Gasteiger partial charge in [-0.2, -0.15) is 0 Å². The molecule has 2 amide bonds. The molecule has 0 radical (unpaired) electrons. The fourth-order valence-corrected chi connectivity index (χ4v) is 5.88. The van der Waals surface area contributed by atoms with Crippen molar-refractivity contribution in [3.8, 4) is 0 Å². The molecule has 0 bridgehead atoms. The lowest BCUT2D eigenvalue weighted by molar-refractivity contribution is -0.133. The van der Waals surface area contributed by atoms with Gasteiger partial charge in [0.2, 0.25) is 5.91 Å². The number of fused-ring (bicyclic) bond motifs is 1. The van der Waals surface area contributed by atoms with Gasteiger partial charge < -0.3 is 26.2 Å². The highest BCUT2D eigenvalue weighted by Gasteiger charge is 2.32. The topological polar surface area (TPSA) is 109 Å². The number of carbonyl (C=O) groups excluding carboxylic acids is 2. The molecule has 1 fully saturated rings. The lowest BCUT2D eigenvalue weighted by atomic mass is 9.90. The average Bonchev–Trinajstić information content (AvgIpc) is 3.22. The Balaban J connectivity index is 1.30. The van der Waals surface area contributed by atoms with Crippen LogP contribution in [0.15, 0.2) is 103 Å². The van der Waals surface area contributed by atoms with E-state index in [1.54, 1.807) is 7.05 Å². The van der Waals surface area contributed by atoms with E-state index < -0.39 is 6.04 Å². The summed E-state index contributed by atoms with van der Waals surface area (Å²) < 4.78 is 0. The van der Waals surface area contributed by atoms with Crippen LogP contribution in [0.1, 0.15) is 46.7 Å². The van der Waals surface area contributed by atoms with Crippen LogP contribution in [0, 0.1) is 5.41 Å². The summed E-state index contributed by atoms with van der Waals surface area (Å²) in [6, 6.07) is 34.0. The van der Waals surface area contributed by atoms with Crippen LogP contribution in [-0.2, 0) is 4.79 Å². The number of hydrogen-bond donors (Lipinski definition) is 5. The number of hydrogen-bond acceptors (Lipinski definition) is 4. The molecule has 228 valence electrons. The molecule has 2 atom stereocenters. The zero-order chi connectivity index (χ0) is 30.7. The summed E-state index contributed by atoms with van der Waals surface area (Å²) in [6.45, 7) is 2.18. The Morgan fingerprint density at radius 1 is 0.909 bits per heavy atom. The summed E-state index contributed by atoms with van der Waals surface area (Å²) in [4.78, 5) is 29.2. The van der Waals surface area contributed by atoms with Gasteiger partial charge in [0.05, 0.1) is 6.04 Å². The van der Waals surface area contributed by atoms with Gasteiger partial charge in [0.25, 0.3) is 5.91 Å². The Morgan fingerprint density at radius 3 is 2.25 bits per heavy atom.